The van der Waals surface area contributed by atoms with Crippen molar-refractivity contribution in [2.75, 3.05) is 5.43 Å². The fraction of sp³-hybridized carbons (Fsp3) is 0.158. The van der Waals surface area contributed by atoms with Crippen LogP contribution < -0.4 is 10.2 Å². The fourth-order valence-electron chi connectivity index (χ4n) is 2.14. The van der Waals surface area contributed by atoms with Gasteiger partial charge in [0.25, 0.3) is 0 Å². The molecule has 0 saturated heterocycles. The number of hydrazone groups is 1. The molecular formula is C19H18ClN3OS. The van der Waals surface area contributed by atoms with E-state index in [1.54, 1.807) is 6.21 Å². The third-order valence-electron chi connectivity index (χ3n) is 3.27. The summed E-state index contributed by atoms with van der Waals surface area (Å²) in [6.45, 7) is 4.01. The van der Waals surface area contributed by atoms with Crippen LogP contribution in [-0.4, -0.2) is 17.3 Å². The largest absolute Gasteiger partial charge is 0.491 e. The second-order valence-electron chi connectivity index (χ2n) is 5.65. The van der Waals surface area contributed by atoms with Crippen molar-refractivity contribution in [2.45, 2.75) is 20.0 Å². The van der Waals surface area contributed by atoms with Crippen LogP contribution in [-0.2, 0) is 0 Å². The molecule has 0 radical (unpaired) electrons. The Morgan fingerprint density at radius 2 is 1.84 bits per heavy atom. The van der Waals surface area contributed by atoms with Gasteiger partial charge in [-0.2, -0.15) is 5.10 Å². The number of aromatic nitrogens is 1. The molecule has 2 aromatic carbocycles. The van der Waals surface area contributed by atoms with E-state index in [1.807, 2.05) is 67.8 Å². The van der Waals surface area contributed by atoms with Crippen LogP contribution in [0.3, 0.4) is 0 Å². The zero-order valence-corrected chi connectivity index (χ0v) is 15.5. The molecule has 3 rings (SSSR count). The van der Waals surface area contributed by atoms with Crippen LogP contribution in [0.2, 0.25) is 5.02 Å². The number of anilines is 1. The van der Waals surface area contributed by atoms with Crippen LogP contribution in [0.25, 0.3) is 11.3 Å². The number of ether oxygens (including phenoxy) is 1. The summed E-state index contributed by atoms with van der Waals surface area (Å²) in [5, 5.41) is 7.67. The van der Waals surface area contributed by atoms with Crippen LogP contribution in [0.5, 0.6) is 5.75 Å². The van der Waals surface area contributed by atoms with Crippen LogP contribution in [0.4, 0.5) is 5.13 Å². The van der Waals surface area contributed by atoms with E-state index in [2.05, 4.69) is 15.5 Å². The van der Waals surface area contributed by atoms with Crippen LogP contribution >= 0.6 is 22.9 Å². The van der Waals surface area contributed by atoms with Gasteiger partial charge in [0.2, 0.25) is 5.13 Å². The summed E-state index contributed by atoms with van der Waals surface area (Å²) >= 11 is 7.41. The monoisotopic (exact) mass is 371 g/mol. The number of thiazole rings is 1. The average Bonchev–Trinajstić information content (AvgIpc) is 3.05. The molecule has 0 aliphatic rings. The van der Waals surface area contributed by atoms with Crippen molar-refractivity contribution in [3.05, 3.63) is 64.5 Å². The predicted octanol–water partition coefficient (Wildman–Crippen LogP) is 5.70. The van der Waals surface area contributed by atoms with Gasteiger partial charge in [0.05, 0.1) is 18.0 Å². The van der Waals surface area contributed by atoms with E-state index >= 15 is 0 Å². The summed E-state index contributed by atoms with van der Waals surface area (Å²) in [5.41, 5.74) is 5.87. The molecule has 0 fully saturated rings. The summed E-state index contributed by atoms with van der Waals surface area (Å²) in [6.07, 6.45) is 1.92. The Balaban J connectivity index is 1.60. The second-order valence-corrected chi connectivity index (χ2v) is 6.94. The van der Waals surface area contributed by atoms with Gasteiger partial charge in [-0.25, -0.2) is 4.98 Å². The van der Waals surface area contributed by atoms with E-state index in [-0.39, 0.29) is 6.10 Å². The molecule has 1 N–H and O–H groups in total. The standard InChI is InChI=1S/C19H18ClN3OS/c1-13(2)24-17-9-3-14(4-10-17)11-21-23-19-22-18(12-25-19)15-5-7-16(20)8-6-15/h3-13H,1-2H3,(H,22,23)/b21-11-. The van der Waals surface area contributed by atoms with E-state index < -0.39 is 0 Å². The molecule has 0 spiro atoms. The van der Waals surface area contributed by atoms with Gasteiger partial charge < -0.3 is 4.74 Å². The number of halogens is 1. The maximum Gasteiger partial charge on any atom is 0.203 e. The van der Waals surface area contributed by atoms with Crippen molar-refractivity contribution < 1.29 is 4.74 Å². The lowest BCUT2D eigenvalue weighted by Crippen LogP contribution is -2.05. The molecule has 0 amide bonds. The Bertz CT molecular complexity index is 842. The van der Waals surface area contributed by atoms with Crippen molar-refractivity contribution in [1.82, 2.24) is 4.98 Å². The van der Waals surface area contributed by atoms with E-state index in [0.29, 0.717) is 5.02 Å². The topological polar surface area (TPSA) is 46.5 Å². The Kier molecular flexibility index (Phi) is 5.68. The summed E-state index contributed by atoms with van der Waals surface area (Å²) in [7, 11) is 0. The molecule has 0 saturated carbocycles. The number of rotatable bonds is 6. The molecular weight excluding hydrogens is 354 g/mol. The lowest BCUT2D eigenvalue weighted by Gasteiger charge is -2.08. The highest BCUT2D eigenvalue weighted by molar-refractivity contribution is 7.14. The lowest BCUT2D eigenvalue weighted by molar-refractivity contribution is 0.242. The minimum absolute atomic E-state index is 0.168. The first-order valence-corrected chi connectivity index (χ1v) is 9.13. The zero-order valence-electron chi connectivity index (χ0n) is 13.9. The summed E-state index contributed by atoms with van der Waals surface area (Å²) < 4.78 is 5.62. The van der Waals surface area contributed by atoms with Gasteiger partial charge in [0.1, 0.15) is 5.75 Å². The average molecular weight is 372 g/mol. The highest BCUT2D eigenvalue weighted by Crippen LogP contribution is 2.25. The molecule has 4 nitrogen and oxygen atoms in total. The highest BCUT2D eigenvalue weighted by atomic mass is 35.5. The molecule has 1 heterocycles. The van der Waals surface area contributed by atoms with Crippen molar-refractivity contribution in [3.8, 4) is 17.0 Å². The number of nitrogens with zero attached hydrogens (tertiary/aromatic N) is 2. The minimum atomic E-state index is 0.168. The van der Waals surface area contributed by atoms with Crippen molar-refractivity contribution >= 4 is 34.3 Å². The lowest BCUT2D eigenvalue weighted by atomic mass is 10.2. The SMILES string of the molecule is CC(C)Oc1ccc(/C=N\Nc2nc(-c3ccc(Cl)cc3)cs2)cc1. The van der Waals surface area contributed by atoms with Crippen molar-refractivity contribution in [1.29, 1.82) is 0 Å². The van der Waals surface area contributed by atoms with E-state index in [0.717, 1.165) is 27.7 Å². The molecule has 25 heavy (non-hydrogen) atoms. The summed E-state index contributed by atoms with van der Waals surface area (Å²) in [5.74, 6) is 0.854. The quantitative estimate of drug-likeness (QED) is 0.446. The minimum Gasteiger partial charge on any atom is -0.491 e. The van der Waals surface area contributed by atoms with Crippen LogP contribution in [0, 0.1) is 0 Å². The summed E-state index contributed by atoms with van der Waals surface area (Å²) in [4.78, 5) is 4.52. The summed E-state index contributed by atoms with van der Waals surface area (Å²) in [6, 6.07) is 15.4. The highest BCUT2D eigenvalue weighted by Gasteiger charge is 2.03. The molecule has 3 aromatic rings. The van der Waals surface area contributed by atoms with Gasteiger partial charge in [0, 0.05) is 16.0 Å². The van der Waals surface area contributed by atoms with E-state index in [1.165, 1.54) is 11.3 Å². The van der Waals surface area contributed by atoms with Gasteiger partial charge in [-0.15, -0.1) is 11.3 Å². The van der Waals surface area contributed by atoms with Gasteiger partial charge in [-0.05, 0) is 55.8 Å². The molecule has 0 unspecified atom stereocenters. The molecule has 6 heteroatoms. The van der Waals surface area contributed by atoms with E-state index in [4.69, 9.17) is 16.3 Å². The van der Waals surface area contributed by atoms with Crippen LogP contribution in [0.15, 0.2) is 59.0 Å². The molecule has 0 atom stereocenters. The molecule has 0 bridgehead atoms. The molecule has 128 valence electrons. The van der Waals surface area contributed by atoms with Crippen LogP contribution in [0.1, 0.15) is 19.4 Å². The Labute approximate surface area is 156 Å². The first-order valence-electron chi connectivity index (χ1n) is 7.87. The maximum atomic E-state index is 5.91. The molecule has 0 aliphatic carbocycles. The Morgan fingerprint density at radius 1 is 1.12 bits per heavy atom. The van der Waals surface area contributed by atoms with Gasteiger partial charge in [-0.1, -0.05) is 23.7 Å². The van der Waals surface area contributed by atoms with Gasteiger partial charge in [-0.3, -0.25) is 5.43 Å². The van der Waals surface area contributed by atoms with Gasteiger partial charge >= 0.3 is 0 Å². The first-order chi connectivity index (χ1) is 12.1. The fourth-order valence-corrected chi connectivity index (χ4v) is 2.94. The maximum absolute atomic E-state index is 5.91. The second kappa shape index (κ2) is 8.14. The number of hydrogen-bond acceptors (Lipinski definition) is 5. The molecule has 1 aromatic heterocycles. The predicted molar refractivity (Wildman–Crippen MR) is 106 cm³/mol. The van der Waals surface area contributed by atoms with E-state index in [9.17, 15) is 0 Å². The smallest absolute Gasteiger partial charge is 0.203 e. The molecule has 0 aliphatic heterocycles. The normalized spacial score (nSPS) is 11.2. The first kappa shape index (κ1) is 17.5. The number of benzene rings is 2. The number of hydrogen-bond donors (Lipinski definition) is 1. The zero-order chi connectivity index (χ0) is 17.6. The Hall–Kier alpha value is -2.37. The van der Waals surface area contributed by atoms with Gasteiger partial charge in [0.15, 0.2) is 0 Å². The Morgan fingerprint density at radius 3 is 2.52 bits per heavy atom. The van der Waals surface area contributed by atoms with Crippen molar-refractivity contribution in [3.63, 3.8) is 0 Å². The third kappa shape index (κ3) is 5.05. The third-order valence-corrected chi connectivity index (χ3v) is 4.27. The van der Waals surface area contributed by atoms with Crippen molar-refractivity contribution in [2.24, 2.45) is 5.10 Å². The number of nitrogens with one attached hydrogen (secondary N) is 1.